The fourth-order valence-electron chi connectivity index (χ4n) is 1.79. The summed E-state index contributed by atoms with van der Waals surface area (Å²) in [6.45, 7) is 0. The third-order valence-corrected chi connectivity index (χ3v) is 2.64. The molecule has 0 saturated heterocycles. The Labute approximate surface area is 103 Å². The van der Waals surface area contributed by atoms with Crippen LogP contribution in [0.25, 0.3) is 22.6 Å². The maximum Gasteiger partial charge on any atom is 0.181 e. The van der Waals surface area contributed by atoms with Crippen molar-refractivity contribution in [3.05, 3.63) is 30.7 Å². The van der Waals surface area contributed by atoms with E-state index in [4.69, 9.17) is 10.5 Å². The summed E-state index contributed by atoms with van der Waals surface area (Å²) >= 11 is 0. The number of nitrogen functional groups attached to an aromatic ring is 1. The molecule has 0 aliphatic carbocycles. The molecule has 3 rings (SSSR count). The van der Waals surface area contributed by atoms with Crippen molar-refractivity contribution < 1.29 is 4.74 Å². The highest BCUT2D eigenvalue weighted by atomic mass is 16.5. The highest BCUT2D eigenvalue weighted by Gasteiger charge is 2.11. The van der Waals surface area contributed by atoms with Crippen LogP contribution in [0, 0.1) is 0 Å². The molecular formula is C12H11N5O. The molecule has 0 aliphatic heterocycles. The number of aromatic nitrogens is 4. The number of imidazole rings is 1. The first-order valence-corrected chi connectivity index (χ1v) is 5.37. The first-order chi connectivity index (χ1) is 8.78. The first-order valence-electron chi connectivity index (χ1n) is 5.37. The van der Waals surface area contributed by atoms with Crippen LogP contribution in [0.2, 0.25) is 0 Å². The average Bonchev–Trinajstić information content (AvgIpc) is 2.82. The van der Waals surface area contributed by atoms with Crippen LogP contribution in [0.4, 0.5) is 5.69 Å². The number of hydrogen-bond acceptors (Lipinski definition) is 5. The molecule has 6 nitrogen and oxygen atoms in total. The Morgan fingerprint density at radius 2 is 2.22 bits per heavy atom. The van der Waals surface area contributed by atoms with Gasteiger partial charge >= 0.3 is 0 Å². The van der Waals surface area contributed by atoms with Crippen LogP contribution >= 0.6 is 0 Å². The lowest BCUT2D eigenvalue weighted by Crippen LogP contribution is -1.92. The topological polar surface area (TPSA) is 89.7 Å². The van der Waals surface area contributed by atoms with E-state index < -0.39 is 0 Å². The van der Waals surface area contributed by atoms with Crippen molar-refractivity contribution in [2.75, 3.05) is 12.8 Å². The third-order valence-electron chi connectivity index (χ3n) is 2.64. The summed E-state index contributed by atoms with van der Waals surface area (Å²) < 4.78 is 5.30. The highest BCUT2D eigenvalue weighted by Crippen LogP contribution is 2.30. The highest BCUT2D eigenvalue weighted by molar-refractivity contribution is 5.77. The first kappa shape index (κ1) is 10.5. The normalized spacial score (nSPS) is 10.7. The molecule has 3 aromatic rings. The lowest BCUT2D eigenvalue weighted by Gasteiger charge is -2.06. The van der Waals surface area contributed by atoms with Crippen LogP contribution in [0.1, 0.15) is 0 Å². The van der Waals surface area contributed by atoms with E-state index in [2.05, 4.69) is 19.9 Å². The van der Waals surface area contributed by atoms with E-state index >= 15 is 0 Å². The molecule has 1 aromatic carbocycles. The molecule has 0 amide bonds. The number of nitrogens with one attached hydrogen (secondary N) is 1. The molecule has 2 heterocycles. The number of ether oxygens (including phenoxy) is 1. The largest absolute Gasteiger partial charge is 0.496 e. The van der Waals surface area contributed by atoms with E-state index in [1.54, 1.807) is 25.4 Å². The van der Waals surface area contributed by atoms with Crippen LogP contribution in [0.5, 0.6) is 5.75 Å². The number of fused-ring (bicyclic) bond motifs is 1. The van der Waals surface area contributed by atoms with Crippen molar-refractivity contribution >= 4 is 16.9 Å². The zero-order valence-electron chi connectivity index (χ0n) is 9.71. The number of methoxy groups -OCH3 is 1. The molecule has 2 aromatic heterocycles. The molecule has 0 saturated carbocycles. The van der Waals surface area contributed by atoms with E-state index in [1.165, 1.54) is 6.33 Å². The van der Waals surface area contributed by atoms with Gasteiger partial charge in [0.25, 0.3) is 0 Å². The Hall–Kier alpha value is -2.63. The number of hydrogen-bond donors (Lipinski definition) is 2. The van der Waals surface area contributed by atoms with E-state index in [0.717, 1.165) is 11.1 Å². The molecule has 3 N–H and O–H groups in total. The van der Waals surface area contributed by atoms with Crippen molar-refractivity contribution in [2.24, 2.45) is 0 Å². The second kappa shape index (κ2) is 3.99. The Balaban J connectivity index is 2.19. The van der Waals surface area contributed by atoms with Crippen molar-refractivity contribution in [3.63, 3.8) is 0 Å². The summed E-state index contributed by atoms with van der Waals surface area (Å²) in [6.07, 6.45) is 3.15. The Morgan fingerprint density at radius 3 is 3.00 bits per heavy atom. The lowest BCUT2D eigenvalue weighted by molar-refractivity contribution is 0.416. The summed E-state index contributed by atoms with van der Waals surface area (Å²) in [4.78, 5) is 15.6. The van der Waals surface area contributed by atoms with E-state index in [-0.39, 0.29) is 0 Å². The lowest BCUT2D eigenvalue weighted by atomic mass is 10.1. The number of nitrogens with two attached hydrogens (primary N) is 1. The van der Waals surface area contributed by atoms with E-state index in [9.17, 15) is 0 Å². The van der Waals surface area contributed by atoms with Gasteiger partial charge in [0.1, 0.15) is 23.4 Å². The molecule has 0 radical (unpaired) electrons. The summed E-state index contributed by atoms with van der Waals surface area (Å²) in [7, 11) is 1.60. The molecule has 18 heavy (non-hydrogen) atoms. The summed E-state index contributed by atoms with van der Waals surface area (Å²) in [5.74, 6) is 1.35. The molecule has 90 valence electrons. The molecule has 0 atom stereocenters. The monoisotopic (exact) mass is 241 g/mol. The zero-order valence-corrected chi connectivity index (χ0v) is 9.71. The van der Waals surface area contributed by atoms with Crippen molar-refractivity contribution in [1.82, 2.24) is 19.9 Å². The van der Waals surface area contributed by atoms with Gasteiger partial charge in [-0.05, 0) is 12.1 Å². The predicted octanol–water partition coefficient (Wildman–Crippen LogP) is 1.61. The molecule has 0 bridgehead atoms. The molecule has 0 unspecified atom stereocenters. The zero-order chi connectivity index (χ0) is 12.5. The van der Waals surface area contributed by atoms with Crippen LogP contribution < -0.4 is 10.5 Å². The SMILES string of the molecule is COc1cc(N)ccc1-c1nc2ncncc2[nH]1. The van der Waals surface area contributed by atoms with Gasteiger partial charge in [0.2, 0.25) is 0 Å². The number of aromatic amines is 1. The fraction of sp³-hybridized carbons (Fsp3) is 0.0833. The standard InChI is InChI=1S/C12H11N5O/c1-18-10-4-7(13)2-3-8(10)11-16-9-5-14-6-15-12(9)17-11/h2-6H,13H2,1H3,(H,14,15,16,17). The van der Waals surface area contributed by atoms with Gasteiger partial charge < -0.3 is 15.5 Å². The Kier molecular flexibility index (Phi) is 2.33. The molecule has 0 aliphatic rings. The fourth-order valence-corrected chi connectivity index (χ4v) is 1.79. The summed E-state index contributed by atoms with van der Waals surface area (Å²) in [5, 5.41) is 0. The summed E-state index contributed by atoms with van der Waals surface area (Å²) in [6, 6.07) is 5.42. The molecular weight excluding hydrogens is 230 g/mol. The van der Waals surface area contributed by atoms with E-state index in [0.29, 0.717) is 22.9 Å². The maximum atomic E-state index is 5.72. The van der Waals surface area contributed by atoms with E-state index in [1.807, 2.05) is 6.07 Å². The van der Waals surface area contributed by atoms with Crippen LogP contribution in [-0.2, 0) is 0 Å². The quantitative estimate of drug-likeness (QED) is 0.665. The minimum atomic E-state index is 0.624. The van der Waals surface area contributed by atoms with Crippen LogP contribution in [0.3, 0.4) is 0 Å². The minimum absolute atomic E-state index is 0.624. The van der Waals surface area contributed by atoms with Gasteiger partial charge in [0, 0.05) is 11.8 Å². The minimum Gasteiger partial charge on any atom is -0.496 e. The van der Waals surface area contributed by atoms with Gasteiger partial charge in [-0.3, -0.25) is 0 Å². The number of benzene rings is 1. The van der Waals surface area contributed by atoms with Crippen molar-refractivity contribution in [3.8, 4) is 17.1 Å². The van der Waals surface area contributed by atoms with Crippen molar-refractivity contribution in [2.45, 2.75) is 0 Å². The van der Waals surface area contributed by atoms with Gasteiger partial charge in [-0.2, -0.15) is 0 Å². The van der Waals surface area contributed by atoms with Crippen LogP contribution in [-0.4, -0.2) is 27.0 Å². The Bertz CT molecular complexity index is 674. The number of rotatable bonds is 2. The number of nitrogens with zero attached hydrogens (tertiary/aromatic N) is 3. The Morgan fingerprint density at radius 1 is 1.33 bits per heavy atom. The third kappa shape index (κ3) is 1.64. The van der Waals surface area contributed by atoms with Crippen molar-refractivity contribution in [1.29, 1.82) is 0 Å². The van der Waals surface area contributed by atoms with Gasteiger partial charge in [0.15, 0.2) is 5.65 Å². The summed E-state index contributed by atoms with van der Waals surface area (Å²) in [5.41, 5.74) is 8.61. The molecule has 6 heteroatoms. The maximum absolute atomic E-state index is 5.72. The molecule has 0 spiro atoms. The van der Waals surface area contributed by atoms with Crippen LogP contribution in [0.15, 0.2) is 30.7 Å². The number of H-pyrrole nitrogens is 1. The van der Waals surface area contributed by atoms with Gasteiger partial charge in [-0.25, -0.2) is 15.0 Å². The van der Waals surface area contributed by atoms with Gasteiger partial charge in [0.05, 0.1) is 18.9 Å². The average molecular weight is 241 g/mol. The predicted molar refractivity (Wildman–Crippen MR) is 68.1 cm³/mol. The second-order valence-electron chi connectivity index (χ2n) is 3.81. The number of anilines is 1. The smallest absolute Gasteiger partial charge is 0.181 e. The molecule has 0 fully saturated rings. The van der Waals surface area contributed by atoms with Gasteiger partial charge in [-0.1, -0.05) is 0 Å². The second-order valence-corrected chi connectivity index (χ2v) is 3.81. The van der Waals surface area contributed by atoms with Gasteiger partial charge in [-0.15, -0.1) is 0 Å².